The summed E-state index contributed by atoms with van der Waals surface area (Å²) in [7, 11) is -1.68. The number of benzene rings is 3. The maximum atomic E-state index is 15.2. The molecule has 4 heterocycles. The highest BCUT2D eigenvalue weighted by Gasteiger charge is 3.01. The number of likely N-dealkylation sites (N-methyl/N-ethyl adjacent to an activating group) is 2. The van der Waals surface area contributed by atoms with E-state index in [9.17, 15) is 52.7 Å². The highest BCUT2D eigenvalue weighted by Crippen LogP contribution is 3.01. The zero-order valence-corrected chi connectivity index (χ0v) is 59.4. The number of carbonyl (C=O) groups excluding carboxylic acids is 9. The van der Waals surface area contributed by atoms with Crippen molar-refractivity contribution in [3.05, 3.63) is 76.6 Å². The minimum absolute atomic E-state index is 0.0164. The first kappa shape index (κ1) is 72.9. The molecule has 0 radical (unpaired) electrons. The molecule has 26 nitrogen and oxygen atoms in total. The molecule has 5 aromatic rings. The molecule has 5 aliphatic rings. The zero-order chi connectivity index (χ0) is 71.1. The fourth-order valence-electron chi connectivity index (χ4n) is 15.3. The van der Waals surface area contributed by atoms with Crippen molar-refractivity contribution in [2.24, 2.45) is 39.7 Å². The predicted molar refractivity (Wildman–Crippen MR) is 373 cm³/mol. The Morgan fingerprint density at radius 1 is 0.755 bits per heavy atom. The number of anilines is 3. The van der Waals surface area contributed by atoms with Crippen LogP contribution in [0.5, 0.6) is 11.5 Å². The van der Waals surface area contributed by atoms with Crippen LogP contribution in [0.1, 0.15) is 132 Å². The van der Waals surface area contributed by atoms with Crippen molar-refractivity contribution in [3.63, 3.8) is 0 Å². The van der Waals surface area contributed by atoms with Crippen LogP contribution in [0.4, 0.5) is 26.7 Å². The molecule has 0 saturated heterocycles. The van der Waals surface area contributed by atoms with Crippen LogP contribution in [-0.4, -0.2) is 159 Å². The standard InChI is InChI=1S/C68H86Cl2N11O15PS/c1-36(2)56(77-60(86)42(22-39(5)82)12-9-10-18-72-40(6)83)49(84)23-43(13-11-19-73-63(71)89)59(85)76-46-16-14-41(15-17-46)32-94-64(90)78(7)20-21-79(8)65(98)95-50-24-47-54(52-37(3)28-74-57(50)52)44(26-69)30-80(47)61(87)66-33-67(35-68(66,67)34-66)62(88)81-31-45(27-70)55-48(81)25-51(96-97(91,92)93)58-53(55)38(4)29-75-58/h14-17,24-25,28-29,36,42-45,56,74-75H,9-13,18-23,26-27,30-35H2,1-8H3,(H,72,83)(H,76,85)(H,77,86)(H3,71,73,89)(H2,91,92,93)/t42-,43-,44-,45-,56+,66?,67?,68?/m1/s1. The molecule has 2 aromatic heterocycles. The predicted octanol–water partition coefficient (Wildman–Crippen LogP) is 8.82. The summed E-state index contributed by atoms with van der Waals surface area (Å²) in [6, 6.07) is 8.24. The number of hydrogen-bond acceptors (Lipinski definition) is 14. The van der Waals surface area contributed by atoms with Crippen molar-refractivity contribution >= 4 is 141 Å². The summed E-state index contributed by atoms with van der Waals surface area (Å²) in [4.78, 5) is 153. The highest BCUT2D eigenvalue weighted by molar-refractivity contribution is 7.80. The van der Waals surface area contributed by atoms with E-state index in [-0.39, 0.29) is 122 Å². The van der Waals surface area contributed by atoms with Crippen LogP contribution < -0.4 is 46.1 Å². The number of amides is 8. The number of urea groups is 1. The molecular formula is C68H86Cl2N11O15PS. The number of aromatic amines is 2. The van der Waals surface area contributed by atoms with Crippen LogP contribution in [-0.2, 0) is 49.5 Å². The van der Waals surface area contributed by atoms with Gasteiger partial charge in [0.1, 0.15) is 12.4 Å². The number of phosphoric acid groups is 1. The van der Waals surface area contributed by atoms with E-state index in [1.807, 2.05) is 26.1 Å². The van der Waals surface area contributed by atoms with Crippen LogP contribution in [0.3, 0.4) is 0 Å². The van der Waals surface area contributed by atoms with Gasteiger partial charge in [-0.3, -0.25) is 38.6 Å². The van der Waals surface area contributed by atoms with Crippen molar-refractivity contribution in [2.75, 3.05) is 80.2 Å². The quantitative estimate of drug-likeness (QED) is 0.00865. The fraction of sp³-hybridized carbons (Fsp3) is 0.529. The van der Waals surface area contributed by atoms with Crippen molar-refractivity contribution in [3.8, 4) is 11.5 Å². The van der Waals surface area contributed by atoms with Gasteiger partial charge >= 0.3 is 19.9 Å². The van der Waals surface area contributed by atoms with E-state index in [4.69, 9.17) is 55.2 Å². The zero-order valence-electron chi connectivity index (χ0n) is 56.2. The third-order valence-corrected chi connectivity index (χ3v) is 21.9. The number of unbranched alkanes of at least 4 members (excludes halogenated alkanes) is 1. The Morgan fingerprint density at radius 3 is 1.83 bits per heavy atom. The summed E-state index contributed by atoms with van der Waals surface area (Å²) in [5, 5.41) is 12.6. The summed E-state index contributed by atoms with van der Waals surface area (Å²) in [6.45, 7) is 11.7. The second kappa shape index (κ2) is 29.2. The lowest BCUT2D eigenvalue weighted by molar-refractivity contribution is -0.134. The normalized spacial score (nSPS) is 20.9. The molecule has 30 heteroatoms. The van der Waals surface area contributed by atoms with E-state index < -0.39 is 65.9 Å². The fourth-order valence-corrected chi connectivity index (χ4v) is 16.4. The molecule has 8 atom stereocenters. The molecule has 3 fully saturated rings. The number of phosphoric ester groups is 1. The summed E-state index contributed by atoms with van der Waals surface area (Å²) in [5.74, 6) is -3.56. The Hall–Kier alpha value is -7.81. The molecule has 528 valence electrons. The van der Waals surface area contributed by atoms with Gasteiger partial charge in [0, 0.05) is 155 Å². The average Bonchev–Trinajstić information content (AvgIpc) is 1.40. The number of hydrogen-bond donors (Lipinski definition) is 9. The van der Waals surface area contributed by atoms with Crippen LogP contribution in [0, 0.1) is 47.8 Å². The number of H-pyrrole nitrogens is 2. The van der Waals surface area contributed by atoms with Gasteiger partial charge in [0.05, 0.1) is 39.3 Å². The summed E-state index contributed by atoms with van der Waals surface area (Å²) >= 11 is 19.2. The first-order valence-electron chi connectivity index (χ1n) is 33.0. The molecule has 3 saturated carbocycles. The number of alkyl halides is 2. The number of primary amides is 1. The van der Waals surface area contributed by atoms with E-state index in [2.05, 4.69) is 31.2 Å². The van der Waals surface area contributed by atoms with Gasteiger partial charge in [-0.05, 0) is 124 Å². The third kappa shape index (κ3) is 14.6. The molecule has 8 amide bonds. The lowest BCUT2D eigenvalue weighted by atomic mass is 9.72. The monoisotopic (exact) mass is 1430 g/mol. The number of Topliss-reactive ketones (excluding diaryl/α,β-unsaturated/α-hetero) is 2. The Labute approximate surface area is 583 Å². The number of carbonyl (C=O) groups is 9. The van der Waals surface area contributed by atoms with Gasteiger partial charge in [-0.25, -0.2) is 14.2 Å². The molecular weight excluding hydrogens is 1340 g/mol. The number of fused-ring (bicyclic) bond motifs is 6. The van der Waals surface area contributed by atoms with E-state index >= 15 is 4.79 Å². The number of nitrogens with two attached hydrogens (primary N) is 1. The first-order chi connectivity index (χ1) is 46.4. The van der Waals surface area contributed by atoms with Crippen LogP contribution in [0.25, 0.3) is 21.8 Å². The Kier molecular flexibility index (Phi) is 21.7. The van der Waals surface area contributed by atoms with Crippen molar-refractivity contribution in [2.45, 2.75) is 130 Å². The van der Waals surface area contributed by atoms with Gasteiger partial charge < -0.3 is 75.4 Å². The summed E-state index contributed by atoms with van der Waals surface area (Å²) in [6.07, 6.45) is 6.15. The molecule has 10 rings (SSSR count). The molecule has 0 bridgehead atoms. The topological polar surface area (TPSA) is 358 Å². The third-order valence-electron chi connectivity index (χ3n) is 20.4. The molecule has 10 N–H and O–H groups in total. The summed E-state index contributed by atoms with van der Waals surface area (Å²) in [5.41, 5.74) is 9.79. The number of nitrogens with zero attached hydrogens (tertiary/aromatic N) is 4. The Bertz CT molecular complexity index is 4070. The van der Waals surface area contributed by atoms with E-state index in [0.717, 1.165) is 27.6 Å². The van der Waals surface area contributed by atoms with Gasteiger partial charge in [0.25, 0.3) is 5.17 Å². The number of ether oxygens (including phenoxy) is 2. The molecule has 2 aliphatic heterocycles. The molecule has 1 spiro atoms. The van der Waals surface area contributed by atoms with Crippen molar-refractivity contribution < 1.29 is 71.5 Å². The minimum Gasteiger partial charge on any atom is -0.445 e. The molecule has 3 aromatic carbocycles. The Morgan fingerprint density at radius 2 is 1.30 bits per heavy atom. The minimum atomic E-state index is -4.99. The number of ketones is 2. The number of halogens is 2. The highest BCUT2D eigenvalue weighted by atomic mass is 35.5. The maximum absolute atomic E-state index is 15.2. The lowest BCUT2D eigenvalue weighted by Gasteiger charge is -2.37. The molecule has 98 heavy (non-hydrogen) atoms. The van der Waals surface area contributed by atoms with Gasteiger partial charge in [-0.1, -0.05) is 32.4 Å². The van der Waals surface area contributed by atoms with Crippen LogP contribution >= 0.6 is 43.2 Å². The van der Waals surface area contributed by atoms with Crippen molar-refractivity contribution in [1.82, 2.24) is 35.7 Å². The SMILES string of the molecule is CC(=O)C[C@@H](CCCCNC(C)=O)C(=O)N[C@H](C(=O)C[C@@H](CCCNC(N)=O)C(=O)Nc1ccc(COC(=O)N(C)CCN(C)C(=S)Oc2cc3c(c4c(C)c[nH]c24)[C@H](CCl)CN3C(=O)C23CC4(C(=O)N5C[C@@H](CCl)c6c5cc(OP(=O)(O)O)c5[nH]cc(C)c65)CC24C3)cc1)C(C)C. The van der Waals surface area contributed by atoms with Gasteiger partial charge in [-0.15, -0.1) is 23.2 Å². The van der Waals surface area contributed by atoms with Gasteiger partial charge in [0.15, 0.2) is 17.3 Å². The smallest absolute Gasteiger partial charge is 0.445 e. The number of rotatable bonds is 31. The van der Waals surface area contributed by atoms with E-state index in [0.29, 0.717) is 103 Å². The Balaban J connectivity index is 0.732. The van der Waals surface area contributed by atoms with E-state index in [1.54, 1.807) is 73.1 Å². The average molecular weight is 1430 g/mol. The second-order valence-corrected chi connectivity index (χ2v) is 29.6. The lowest BCUT2D eigenvalue weighted by Crippen LogP contribution is -2.49. The largest absolute Gasteiger partial charge is 0.524 e. The number of aryl methyl sites for hydroxylation is 2. The van der Waals surface area contributed by atoms with Gasteiger partial charge in [-0.2, -0.15) is 0 Å². The van der Waals surface area contributed by atoms with Gasteiger partial charge in [0.2, 0.25) is 29.5 Å². The maximum Gasteiger partial charge on any atom is 0.524 e. The molecule has 3 aliphatic carbocycles. The number of aromatic nitrogens is 2. The second-order valence-electron chi connectivity index (χ2n) is 27.5. The number of nitrogens with one attached hydrogen (secondary N) is 6. The molecule has 3 unspecified atom stereocenters. The van der Waals surface area contributed by atoms with Crippen LogP contribution in [0.2, 0.25) is 0 Å². The van der Waals surface area contributed by atoms with Crippen molar-refractivity contribution in [1.29, 1.82) is 0 Å². The van der Waals surface area contributed by atoms with Crippen LogP contribution in [0.15, 0.2) is 48.8 Å². The first-order valence-corrected chi connectivity index (χ1v) is 36.0. The number of thiocarbonyl (C=S) groups is 1. The summed E-state index contributed by atoms with van der Waals surface area (Å²) < 4.78 is 29.5. The van der Waals surface area contributed by atoms with E-state index in [1.165, 1.54) is 24.8 Å².